The quantitative estimate of drug-likeness (QED) is 0.541. The fourth-order valence-corrected chi connectivity index (χ4v) is 3.66. The Morgan fingerprint density at radius 1 is 0.886 bits per heavy atom. The largest absolute Gasteiger partial charge is 0.497 e. The maximum Gasteiger partial charge on any atom is 0.258 e. The molecule has 180 valence electrons. The number of hydrogen-bond donors (Lipinski definition) is 2. The van der Waals surface area contributed by atoms with Crippen molar-refractivity contribution in [2.45, 2.75) is 0 Å². The minimum Gasteiger partial charge on any atom is -0.497 e. The molecule has 1 fully saturated rings. The molecule has 0 saturated carbocycles. The zero-order valence-electron chi connectivity index (χ0n) is 19.4. The Morgan fingerprint density at radius 3 is 2.34 bits per heavy atom. The molecule has 3 aromatic rings. The standard InChI is InChI=1S/C26H25N3O6/c1-33-19-11-12-21(20(15-19)26(32)28-22-5-3-4-6-23(22)34-2)27-25(31)17-7-9-18(10-8-17)29-13-14-35-16-24(29)30/h3-12,15H,13-14,16H2,1-2H3,(H,27,31)(H,28,32). The van der Waals surface area contributed by atoms with E-state index in [2.05, 4.69) is 10.6 Å². The third kappa shape index (κ3) is 5.42. The summed E-state index contributed by atoms with van der Waals surface area (Å²) in [6, 6.07) is 18.5. The van der Waals surface area contributed by atoms with Crippen LogP contribution in [0.1, 0.15) is 20.7 Å². The lowest BCUT2D eigenvalue weighted by Crippen LogP contribution is -2.41. The molecule has 0 spiro atoms. The van der Waals surface area contributed by atoms with Crippen LogP contribution in [-0.2, 0) is 9.53 Å². The van der Waals surface area contributed by atoms with Crippen molar-refractivity contribution in [3.63, 3.8) is 0 Å². The van der Waals surface area contributed by atoms with E-state index in [1.165, 1.54) is 14.2 Å². The van der Waals surface area contributed by atoms with Gasteiger partial charge in [-0.3, -0.25) is 14.4 Å². The maximum atomic E-state index is 13.1. The number of carbonyl (C=O) groups excluding carboxylic acids is 3. The Kier molecular flexibility index (Phi) is 7.27. The summed E-state index contributed by atoms with van der Waals surface area (Å²) in [7, 11) is 3.01. The van der Waals surface area contributed by atoms with Gasteiger partial charge in [0.15, 0.2) is 0 Å². The summed E-state index contributed by atoms with van der Waals surface area (Å²) >= 11 is 0. The zero-order valence-corrected chi connectivity index (χ0v) is 19.4. The SMILES string of the molecule is COc1ccc(NC(=O)c2ccc(N3CCOCC3=O)cc2)c(C(=O)Nc2ccccc2OC)c1. The highest BCUT2D eigenvalue weighted by Gasteiger charge is 2.21. The van der Waals surface area contributed by atoms with Crippen LogP contribution in [0.2, 0.25) is 0 Å². The van der Waals surface area contributed by atoms with Gasteiger partial charge in [0.25, 0.3) is 17.7 Å². The topological polar surface area (TPSA) is 106 Å². The van der Waals surface area contributed by atoms with E-state index in [9.17, 15) is 14.4 Å². The van der Waals surface area contributed by atoms with Crippen LogP contribution in [0.4, 0.5) is 17.1 Å². The van der Waals surface area contributed by atoms with E-state index in [1.54, 1.807) is 71.6 Å². The number of hydrogen-bond acceptors (Lipinski definition) is 6. The number of para-hydroxylation sites is 2. The first-order valence-corrected chi connectivity index (χ1v) is 10.9. The monoisotopic (exact) mass is 475 g/mol. The molecule has 0 bridgehead atoms. The van der Waals surface area contributed by atoms with E-state index < -0.39 is 11.8 Å². The van der Waals surface area contributed by atoms with Crippen LogP contribution >= 0.6 is 0 Å². The van der Waals surface area contributed by atoms with Gasteiger partial charge in [-0.2, -0.15) is 0 Å². The first-order valence-electron chi connectivity index (χ1n) is 10.9. The second-order valence-corrected chi connectivity index (χ2v) is 7.66. The van der Waals surface area contributed by atoms with Gasteiger partial charge < -0.3 is 29.7 Å². The molecule has 2 N–H and O–H groups in total. The third-order valence-electron chi connectivity index (χ3n) is 5.50. The molecule has 1 aliphatic rings. The Morgan fingerprint density at radius 2 is 1.63 bits per heavy atom. The van der Waals surface area contributed by atoms with Gasteiger partial charge in [-0.15, -0.1) is 0 Å². The van der Waals surface area contributed by atoms with Crippen molar-refractivity contribution in [3.8, 4) is 11.5 Å². The number of benzene rings is 3. The van der Waals surface area contributed by atoms with Gasteiger partial charge in [0, 0.05) is 17.8 Å². The molecule has 0 radical (unpaired) electrons. The van der Waals surface area contributed by atoms with Crippen LogP contribution in [0, 0.1) is 0 Å². The van der Waals surface area contributed by atoms with Crippen molar-refractivity contribution >= 4 is 34.8 Å². The number of morpholine rings is 1. The van der Waals surface area contributed by atoms with Crippen LogP contribution in [-0.4, -0.2) is 51.7 Å². The van der Waals surface area contributed by atoms with E-state index in [4.69, 9.17) is 14.2 Å². The molecule has 3 amide bonds. The van der Waals surface area contributed by atoms with E-state index in [1.807, 2.05) is 0 Å². The first kappa shape index (κ1) is 23.8. The molecule has 3 aromatic carbocycles. The van der Waals surface area contributed by atoms with Crippen molar-refractivity contribution in [3.05, 3.63) is 77.9 Å². The summed E-state index contributed by atoms with van der Waals surface area (Å²) in [5.74, 6) is 0.00417. The van der Waals surface area contributed by atoms with Crippen molar-refractivity contribution in [1.29, 1.82) is 0 Å². The fraction of sp³-hybridized carbons (Fsp3) is 0.192. The van der Waals surface area contributed by atoms with Gasteiger partial charge in [0.05, 0.1) is 37.8 Å². The summed E-state index contributed by atoms with van der Waals surface area (Å²) in [4.78, 5) is 39.7. The molecule has 9 heteroatoms. The third-order valence-corrected chi connectivity index (χ3v) is 5.50. The fourth-order valence-electron chi connectivity index (χ4n) is 3.66. The molecular weight excluding hydrogens is 450 g/mol. The van der Waals surface area contributed by atoms with Crippen molar-refractivity contribution in [2.75, 3.05) is 49.5 Å². The second kappa shape index (κ2) is 10.7. The van der Waals surface area contributed by atoms with Gasteiger partial charge >= 0.3 is 0 Å². The van der Waals surface area contributed by atoms with Crippen molar-refractivity contribution < 1.29 is 28.6 Å². The zero-order chi connectivity index (χ0) is 24.8. The lowest BCUT2D eigenvalue weighted by Gasteiger charge is -2.26. The van der Waals surface area contributed by atoms with Gasteiger partial charge in [-0.05, 0) is 54.6 Å². The van der Waals surface area contributed by atoms with Gasteiger partial charge in [-0.25, -0.2) is 0 Å². The number of nitrogens with zero attached hydrogens (tertiary/aromatic N) is 1. The summed E-state index contributed by atoms with van der Waals surface area (Å²) in [6.07, 6.45) is 0. The van der Waals surface area contributed by atoms with E-state index >= 15 is 0 Å². The minimum absolute atomic E-state index is 0.0411. The lowest BCUT2D eigenvalue weighted by molar-refractivity contribution is -0.125. The molecule has 4 rings (SSSR count). The van der Waals surface area contributed by atoms with Gasteiger partial charge in [-0.1, -0.05) is 12.1 Å². The summed E-state index contributed by atoms with van der Waals surface area (Å²) < 4.78 is 15.7. The molecule has 1 saturated heterocycles. The molecule has 1 aliphatic heterocycles. The molecule has 9 nitrogen and oxygen atoms in total. The Hall–Kier alpha value is -4.37. The summed E-state index contributed by atoms with van der Waals surface area (Å²) in [6.45, 7) is 0.964. The van der Waals surface area contributed by atoms with Crippen LogP contribution in [0.25, 0.3) is 0 Å². The van der Waals surface area contributed by atoms with Crippen LogP contribution in [0.15, 0.2) is 66.7 Å². The molecule has 0 aromatic heterocycles. The molecular formula is C26H25N3O6. The highest BCUT2D eigenvalue weighted by atomic mass is 16.5. The highest BCUT2D eigenvalue weighted by Crippen LogP contribution is 2.27. The molecule has 0 aliphatic carbocycles. The first-order chi connectivity index (χ1) is 17.0. The summed E-state index contributed by atoms with van der Waals surface area (Å²) in [5, 5.41) is 5.61. The summed E-state index contributed by atoms with van der Waals surface area (Å²) in [5.41, 5.74) is 2.10. The highest BCUT2D eigenvalue weighted by molar-refractivity contribution is 6.13. The number of methoxy groups -OCH3 is 2. The predicted octanol–water partition coefficient (Wildman–Crippen LogP) is 3.57. The van der Waals surface area contributed by atoms with Gasteiger partial charge in [0.2, 0.25) is 0 Å². The smallest absolute Gasteiger partial charge is 0.258 e. The predicted molar refractivity (Wildman–Crippen MR) is 132 cm³/mol. The Labute approximate surface area is 202 Å². The Bertz CT molecular complexity index is 1240. The maximum absolute atomic E-state index is 13.1. The van der Waals surface area contributed by atoms with Crippen molar-refractivity contribution in [1.82, 2.24) is 0 Å². The number of nitrogens with one attached hydrogen (secondary N) is 2. The molecule has 35 heavy (non-hydrogen) atoms. The number of amides is 3. The minimum atomic E-state index is -0.440. The average Bonchev–Trinajstić information content (AvgIpc) is 2.89. The second-order valence-electron chi connectivity index (χ2n) is 7.66. The number of rotatable bonds is 7. The number of ether oxygens (including phenoxy) is 3. The van der Waals surface area contributed by atoms with Crippen LogP contribution in [0.5, 0.6) is 11.5 Å². The Balaban J connectivity index is 1.54. The molecule has 1 heterocycles. The number of carbonyl (C=O) groups is 3. The molecule has 0 unspecified atom stereocenters. The normalized spacial score (nSPS) is 13.2. The van der Waals surface area contributed by atoms with Crippen LogP contribution < -0.4 is 25.0 Å². The molecule has 0 atom stereocenters. The van der Waals surface area contributed by atoms with Gasteiger partial charge in [0.1, 0.15) is 18.1 Å². The van der Waals surface area contributed by atoms with E-state index in [0.29, 0.717) is 47.3 Å². The van der Waals surface area contributed by atoms with Crippen LogP contribution in [0.3, 0.4) is 0 Å². The van der Waals surface area contributed by atoms with E-state index in [-0.39, 0.29) is 18.1 Å². The number of anilines is 3. The van der Waals surface area contributed by atoms with Crippen molar-refractivity contribution in [2.24, 2.45) is 0 Å². The lowest BCUT2D eigenvalue weighted by atomic mass is 10.1. The van der Waals surface area contributed by atoms with E-state index in [0.717, 1.165) is 0 Å². The average molecular weight is 476 g/mol.